The molecule has 0 aliphatic carbocycles. The Morgan fingerprint density at radius 2 is 1.86 bits per heavy atom. The third kappa shape index (κ3) is 3.06. The maximum absolute atomic E-state index is 4.55. The number of para-hydroxylation sites is 2. The van der Waals surface area contributed by atoms with Crippen molar-refractivity contribution in [1.82, 2.24) is 9.55 Å². The molecular weight excluding hydrogens is 272 g/mol. The molecule has 110 valence electrons. The van der Waals surface area contributed by atoms with Crippen molar-refractivity contribution in [3.63, 3.8) is 0 Å². The molecule has 0 radical (unpaired) electrons. The highest BCUT2D eigenvalue weighted by atomic mass is 15.4. The van der Waals surface area contributed by atoms with Crippen molar-refractivity contribution >= 4 is 29.3 Å². The first kappa shape index (κ1) is 14.1. The van der Waals surface area contributed by atoms with E-state index in [1.807, 2.05) is 60.7 Å². The van der Waals surface area contributed by atoms with Crippen molar-refractivity contribution in [3.05, 3.63) is 66.2 Å². The van der Waals surface area contributed by atoms with E-state index >= 15 is 0 Å². The molecule has 0 aliphatic heterocycles. The van der Waals surface area contributed by atoms with E-state index < -0.39 is 0 Å². The van der Waals surface area contributed by atoms with Gasteiger partial charge in [-0.1, -0.05) is 48.5 Å². The Morgan fingerprint density at radius 3 is 2.68 bits per heavy atom. The Balaban J connectivity index is 1.71. The van der Waals surface area contributed by atoms with Crippen LogP contribution in [0.15, 0.2) is 65.8 Å². The van der Waals surface area contributed by atoms with Gasteiger partial charge < -0.3 is 4.57 Å². The van der Waals surface area contributed by atoms with Gasteiger partial charge in [0.1, 0.15) is 0 Å². The fraction of sp³-hybridized carbons (Fsp3) is 0.111. The van der Waals surface area contributed by atoms with Crippen LogP contribution in [0.5, 0.6) is 0 Å². The second-order valence-corrected chi connectivity index (χ2v) is 4.83. The van der Waals surface area contributed by atoms with Crippen molar-refractivity contribution in [2.24, 2.45) is 5.10 Å². The molecule has 0 bridgehead atoms. The van der Waals surface area contributed by atoms with Crippen molar-refractivity contribution < 1.29 is 0 Å². The minimum absolute atomic E-state index is 0.757. The number of benzene rings is 2. The van der Waals surface area contributed by atoms with E-state index in [1.165, 1.54) is 0 Å². The highest BCUT2D eigenvalue weighted by molar-refractivity contribution is 5.80. The van der Waals surface area contributed by atoms with Crippen LogP contribution in [0.4, 0.5) is 5.95 Å². The molecule has 2 aromatic carbocycles. The predicted molar refractivity (Wildman–Crippen MR) is 93.0 cm³/mol. The summed E-state index contributed by atoms with van der Waals surface area (Å²) in [5.74, 6) is 0.757. The molecule has 22 heavy (non-hydrogen) atoms. The molecule has 0 spiro atoms. The molecule has 0 amide bonds. The molecule has 0 saturated heterocycles. The van der Waals surface area contributed by atoms with Gasteiger partial charge >= 0.3 is 0 Å². The fourth-order valence-electron chi connectivity index (χ4n) is 2.34. The van der Waals surface area contributed by atoms with Crippen LogP contribution < -0.4 is 5.43 Å². The van der Waals surface area contributed by atoms with Crippen molar-refractivity contribution in [1.29, 1.82) is 0 Å². The van der Waals surface area contributed by atoms with E-state index in [1.54, 1.807) is 6.21 Å². The van der Waals surface area contributed by atoms with E-state index in [-0.39, 0.29) is 0 Å². The summed E-state index contributed by atoms with van der Waals surface area (Å²) in [6.07, 6.45) is 5.64. The molecule has 4 heteroatoms. The van der Waals surface area contributed by atoms with Crippen molar-refractivity contribution in [2.45, 2.75) is 13.5 Å². The number of rotatable bonds is 5. The Bertz CT molecular complexity index is 800. The van der Waals surface area contributed by atoms with Crippen molar-refractivity contribution in [2.75, 3.05) is 5.43 Å². The molecule has 0 saturated carbocycles. The largest absolute Gasteiger partial charge is 0.309 e. The average molecular weight is 290 g/mol. The van der Waals surface area contributed by atoms with Gasteiger partial charge in [-0.15, -0.1) is 0 Å². The number of hydrazone groups is 1. The van der Waals surface area contributed by atoms with Crippen LogP contribution in [0, 0.1) is 0 Å². The summed E-state index contributed by atoms with van der Waals surface area (Å²) in [5.41, 5.74) is 6.25. The molecule has 1 heterocycles. The summed E-state index contributed by atoms with van der Waals surface area (Å²) in [4.78, 5) is 4.55. The molecule has 0 unspecified atom stereocenters. The maximum atomic E-state index is 4.55. The predicted octanol–water partition coefficient (Wildman–Crippen LogP) is 4.17. The maximum Gasteiger partial charge on any atom is 0.224 e. The SMILES string of the molecule is CCn1c(N/N=C\C=C\c2ccccc2)nc2ccccc21. The zero-order valence-corrected chi connectivity index (χ0v) is 12.5. The molecule has 0 atom stereocenters. The second kappa shape index (κ2) is 6.72. The minimum Gasteiger partial charge on any atom is -0.309 e. The number of aromatic nitrogens is 2. The molecule has 1 aromatic heterocycles. The quantitative estimate of drug-likeness (QED) is 0.566. The number of aryl methyl sites for hydroxylation is 1. The van der Waals surface area contributed by atoms with Crippen LogP contribution in [0.3, 0.4) is 0 Å². The summed E-state index contributed by atoms with van der Waals surface area (Å²) in [7, 11) is 0. The summed E-state index contributed by atoms with van der Waals surface area (Å²) >= 11 is 0. The summed E-state index contributed by atoms with van der Waals surface area (Å²) in [6, 6.07) is 18.2. The average Bonchev–Trinajstić information content (AvgIpc) is 2.93. The van der Waals surface area contributed by atoms with Crippen LogP contribution in [0.1, 0.15) is 12.5 Å². The standard InChI is InChI=1S/C18H18N4/c1-2-22-17-13-7-6-12-16(17)20-18(22)21-19-14-8-11-15-9-4-3-5-10-15/h3-14H,2H2,1H3,(H,20,21)/b11-8+,19-14-. The van der Waals surface area contributed by atoms with E-state index in [2.05, 4.69) is 33.1 Å². The third-order valence-electron chi connectivity index (χ3n) is 3.38. The Labute approximate surface area is 129 Å². The van der Waals surface area contributed by atoms with Gasteiger partial charge in [-0.25, -0.2) is 10.4 Å². The number of anilines is 1. The normalized spacial score (nSPS) is 11.7. The lowest BCUT2D eigenvalue weighted by Gasteiger charge is -2.03. The van der Waals surface area contributed by atoms with Crippen molar-refractivity contribution in [3.8, 4) is 0 Å². The molecule has 3 aromatic rings. The van der Waals surface area contributed by atoms with Gasteiger partial charge in [-0.3, -0.25) is 0 Å². The van der Waals surface area contributed by atoms with Gasteiger partial charge in [0.15, 0.2) is 0 Å². The number of nitrogens with zero attached hydrogens (tertiary/aromatic N) is 3. The molecule has 4 nitrogen and oxygen atoms in total. The van der Waals surface area contributed by atoms with E-state index in [0.29, 0.717) is 0 Å². The number of imidazole rings is 1. The van der Waals surface area contributed by atoms with Gasteiger partial charge in [-0.2, -0.15) is 5.10 Å². The third-order valence-corrected chi connectivity index (χ3v) is 3.38. The first-order valence-electron chi connectivity index (χ1n) is 7.34. The van der Waals surface area contributed by atoms with E-state index in [9.17, 15) is 0 Å². The van der Waals surface area contributed by atoms with Crippen LogP contribution >= 0.6 is 0 Å². The lowest BCUT2D eigenvalue weighted by atomic mass is 10.2. The Kier molecular flexibility index (Phi) is 4.30. The fourth-order valence-corrected chi connectivity index (χ4v) is 2.34. The van der Waals surface area contributed by atoms with Crippen LogP contribution in [-0.4, -0.2) is 15.8 Å². The first-order chi connectivity index (χ1) is 10.9. The number of hydrogen-bond donors (Lipinski definition) is 1. The zero-order chi connectivity index (χ0) is 15.2. The van der Waals surface area contributed by atoms with Gasteiger partial charge in [0.2, 0.25) is 5.95 Å². The zero-order valence-electron chi connectivity index (χ0n) is 12.5. The first-order valence-corrected chi connectivity index (χ1v) is 7.34. The monoisotopic (exact) mass is 290 g/mol. The number of allylic oxidation sites excluding steroid dienone is 1. The smallest absolute Gasteiger partial charge is 0.224 e. The number of fused-ring (bicyclic) bond motifs is 1. The van der Waals surface area contributed by atoms with Gasteiger partial charge in [0.25, 0.3) is 0 Å². The molecule has 0 fully saturated rings. The minimum atomic E-state index is 0.757. The summed E-state index contributed by atoms with van der Waals surface area (Å²) < 4.78 is 2.10. The molecule has 0 aliphatic rings. The molecule has 3 rings (SSSR count). The highest BCUT2D eigenvalue weighted by Crippen LogP contribution is 2.19. The lowest BCUT2D eigenvalue weighted by Crippen LogP contribution is -2.01. The highest BCUT2D eigenvalue weighted by Gasteiger charge is 2.07. The topological polar surface area (TPSA) is 42.2 Å². The van der Waals surface area contributed by atoms with Gasteiger partial charge in [0, 0.05) is 12.8 Å². The van der Waals surface area contributed by atoms with Crippen LogP contribution in [0.2, 0.25) is 0 Å². The Morgan fingerprint density at radius 1 is 1.09 bits per heavy atom. The molecular formula is C18H18N4. The van der Waals surface area contributed by atoms with E-state index in [4.69, 9.17) is 0 Å². The Hall–Kier alpha value is -2.88. The van der Waals surface area contributed by atoms with Crippen LogP contribution in [-0.2, 0) is 6.54 Å². The lowest BCUT2D eigenvalue weighted by molar-refractivity contribution is 0.791. The summed E-state index contributed by atoms with van der Waals surface area (Å²) in [6.45, 7) is 2.94. The number of nitrogens with one attached hydrogen (secondary N) is 1. The second-order valence-electron chi connectivity index (χ2n) is 4.83. The molecule has 1 N–H and O–H groups in total. The van der Waals surface area contributed by atoms with Crippen LogP contribution in [0.25, 0.3) is 17.1 Å². The summed E-state index contributed by atoms with van der Waals surface area (Å²) in [5, 5.41) is 4.22. The number of hydrogen-bond acceptors (Lipinski definition) is 3. The van der Waals surface area contributed by atoms with Gasteiger partial charge in [0.05, 0.1) is 11.0 Å². The van der Waals surface area contributed by atoms with Gasteiger partial charge in [-0.05, 0) is 30.7 Å². The van der Waals surface area contributed by atoms with E-state index in [0.717, 1.165) is 29.1 Å².